The Morgan fingerprint density at radius 2 is 0.820 bits per heavy atom. The third kappa shape index (κ3) is 11.0. The molecule has 5 heteroatoms. The summed E-state index contributed by atoms with van der Waals surface area (Å²) < 4.78 is 1.05. The number of aryl methyl sites for hydroxylation is 2. The van der Waals surface area contributed by atoms with Gasteiger partial charge in [-0.15, -0.1) is 0 Å². The van der Waals surface area contributed by atoms with Gasteiger partial charge in [0.2, 0.25) is 0 Å². The summed E-state index contributed by atoms with van der Waals surface area (Å²) in [6.45, 7) is 3.35. The van der Waals surface area contributed by atoms with Crippen LogP contribution >= 0.6 is 0 Å². The highest BCUT2D eigenvalue weighted by molar-refractivity contribution is 6.05. The van der Waals surface area contributed by atoms with Gasteiger partial charge in [0.25, 0.3) is 11.8 Å². The molecular weight excluding hydrogens is 615 g/mol. The first kappa shape index (κ1) is 36.3. The standard InChI is InChI=1S/C45H51N3O2/c1-5-34-13-17-40(18-14-34)44(49)46-42-29-25-38(26-30-42)36-21-23-37(24-22-36)39-27-31-43(32-28-39)47-45(50)41-19-15-35(16-20-41)12-10-8-6-7-9-11-33-48(2,3)4/h13-32H,5-12,33H2,1-4H3,(H-,46,47,49,50)/p+1. The van der Waals surface area contributed by atoms with Crippen molar-refractivity contribution in [3.8, 4) is 22.3 Å². The average Bonchev–Trinajstić information content (AvgIpc) is 3.13. The van der Waals surface area contributed by atoms with Crippen LogP contribution in [0.15, 0.2) is 121 Å². The lowest BCUT2D eigenvalue weighted by Gasteiger charge is -2.23. The van der Waals surface area contributed by atoms with Crippen molar-refractivity contribution >= 4 is 23.2 Å². The number of hydrogen-bond acceptors (Lipinski definition) is 2. The van der Waals surface area contributed by atoms with Crippen LogP contribution in [0.1, 0.15) is 77.3 Å². The molecule has 0 saturated heterocycles. The fraction of sp³-hybridized carbons (Fsp3) is 0.289. The zero-order valence-corrected chi connectivity index (χ0v) is 30.2. The van der Waals surface area contributed by atoms with Crippen LogP contribution in [-0.4, -0.2) is 44.0 Å². The molecule has 0 heterocycles. The maximum Gasteiger partial charge on any atom is 0.255 e. The SMILES string of the molecule is CCc1ccc(C(=O)Nc2ccc(-c3ccc(-c4ccc(NC(=O)c5ccc(CCCCCCCC[N+](C)(C)C)cc5)cc4)cc3)cc2)cc1. The maximum absolute atomic E-state index is 12.9. The molecule has 5 aromatic carbocycles. The van der Waals surface area contributed by atoms with E-state index in [0.29, 0.717) is 11.1 Å². The van der Waals surface area contributed by atoms with Crippen molar-refractivity contribution < 1.29 is 14.1 Å². The molecule has 0 spiro atoms. The first-order valence-corrected chi connectivity index (χ1v) is 18.1. The fourth-order valence-corrected chi connectivity index (χ4v) is 6.09. The van der Waals surface area contributed by atoms with E-state index in [1.807, 2.05) is 84.9 Å². The molecule has 0 fully saturated rings. The number of hydrogen-bond donors (Lipinski definition) is 2. The van der Waals surface area contributed by atoms with Gasteiger partial charge in [0.15, 0.2) is 0 Å². The largest absolute Gasteiger partial charge is 0.331 e. The molecule has 0 aliphatic rings. The topological polar surface area (TPSA) is 58.2 Å². The summed E-state index contributed by atoms with van der Waals surface area (Å²) >= 11 is 0. The van der Waals surface area contributed by atoms with E-state index >= 15 is 0 Å². The van der Waals surface area contributed by atoms with Crippen LogP contribution in [0, 0.1) is 0 Å². The summed E-state index contributed by atoms with van der Waals surface area (Å²) in [5, 5.41) is 6.02. The number of carbonyl (C=O) groups is 2. The van der Waals surface area contributed by atoms with Crippen LogP contribution in [0.5, 0.6) is 0 Å². The number of unbranched alkanes of at least 4 members (excludes halogenated alkanes) is 5. The van der Waals surface area contributed by atoms with Gasteiger partial charge in [0.05, 0.1) is 27.7 Å². The second kappa shape index (κ2) is 17.6. The maximum atomic E-state index is 12.9. The lowest BCUT2D eigenvalue weighted by molar-refractivity contribution is -0.870. The molecule has 0 aliphatic heterocycles. The number of nitrogens with zero attached hydrogens (tertiary/aromatic N) is 1. The van der Waals surface area contributed by atoms with Crippen molar-refractivity contribution in [2.75, 3.05) is 38.3 Å². The van der Waals surface area contributed by atoms with Crippen molar-refractivity contribution in [2.24, 2.45) is 0 Å². The molecule has 2 amide bonds. The van der Waals surface area contributed by atoms with E-state index < -0.39 is 0 Å². The highest BCUT2D eigenvalue weighted by atomic mass is 16.2. The zero-order valence-electron chi connectivity index (χ0n) is 30.2. The molecule has 50 heavy (non-hydrogen) atoms. The van der Waals surface area contributed by atoms with Crippen molar-refractivity contribution in [2.45, 2.75) is 58.3 Å². The van der Waals surface area contributed by atoms with Crippen LogP contribution in [0.3, 0.4) is 0 Å². The van der Waals surface area contributed by atoms with Gasteiger partial charge in [-0.2, -0.15) is 0 Å². The molecule has 0 aliphatic carbocycles. The lowest BCUT2D eigenvalue weighted by Crippen LogP contribution is -2.35. The van der Waals surface area contributed by atoms with E-state index in [-0.39, 0.29) is 11.8 Å². The van der Waals surface area contributed by atoms with Crippen LogP contribution in [0.2, 0.25) is 0 Å². The number of carbonyl (C=O) groups excluding carboxylic acids is 2. The Hall–Kier alpha value is -5.00. The molecule has 2 N–H and O–H groups in total. The van der Waals surface area contributed by atoms with E-state index in [9.17, 15) is 9.59 Å². The Labute approximate surface area is 299 Å². The van der Waals surface area contributed by atoms with E-state index in [4.69, 9.17) is 0 Å². The average molecular weight is 667 g/mol. The number of nitrogens with one attached hydrogen (secondary N) is 2. The molecule has 0 radical (unpaired) electrons. The second-order valence-electron chi connectivity index (χ2n) is 14.3. The third-order valence-electron chi connectivity index (χ3n) is 9.22. The lowest BCUT2D eigenvalue weighted by atomic mass is 10.00. The number of anilines is 2. The highest BCUT2D eigenvalue weighted by Gasteiger charge is 2.09. The number of rotatable bonds is 16. The molecule has 0 unspecified atom stereocenters. The summed E-state index contributed by atoms with van der Waals surface area (Å²) in [6.07, 6.45) is 9.72. The van der Waals surface area contributed by atoms with Crippen LogP contribution in [-0.2, 0) is 12.8 Å². The van der Waals surface area contributed by atoms with Gasteiger partial charge in [-0.05, 0) is 114 Å². The minimum absolute atomic E-state index is 0.0984. The second-order valence-corrected chi connectivity index (χ2v) is 14.3. The van der Waals surface area contributed by atoms with Crippen LogP contribution in [0.4, 0.5) is 11.4 Å². The molecule has 5 nitrogen and oxygen atoms in total. The highest BCUT2D eigenvalue weighted by Crippen LogP contribution is 2.27. The van der Waals surface area contributed by atoms with Gasteiger partial charge in [0, 0.05) is 22.5 Å². The Morgan fingerprint density at radius 3 is 1.22 bits per heavy atom. The summed E-state index contributed by atoms with van der Waals surface area (Å²) in [5.41, 5.74) is 9.69. The Kier molecular flexibility index (Phi) is 12.8. The van der Waals surface area contributed by atoms with Gasteiger partial charge in [-0.25, -0.2) is 0 Å². The number of quaternary nitrogens is 1. The van der Waals surface area contributed by atoms with Crippen LogP contribution in [0.25, 0.3) is 22.3 Å². The van der Waals surface area contributed by atoms with Crippen molar-refractivity contribution in [1.29, 1.82) is 0 Å². The minimum atomic E-state index is -0.113. The van der Waals surface area contributed by atoms with Gasteiger partial charge in [0.1, 0.15) is 0 Å². The fourth-order valence-electron chi connectivity index (χ4n) is 6.09. The molecule has 0 bridgehead atoms. The molecule has 0 atom stereocenters. The number of amides is 2. The molecule has 5 aromatic rings. The van der Waals surface area contributed by atoms with Crippen LogP contribution < -0.4 is 10.6 Å². The normalized spacial score (nSPS) is 11.3. The summed E-state index contributed by atoms with van der Waals surface area (Å²) in [4.78, 5) is 25.6. The van der Waals surface area contributed by atoms with Gasteiger partial charge in [-0.1, -0.05) is 99.0 Å². The van der Waals surface area contributed by atoms with E-state index in [2.05, 4.69) is 75.1 Å². The molecule has 0 saturated carbocycles. The monoisotopic (exact) mass is 666 g/mol. The van der Waals surface area contributed by atoms with E-state index in [1.165, 1.54) is 56.2 Å². The smallest absolute Gasteiger partial charge is 0.255 e. The van der Waals surface area contributed by atoms with Gasteiger partial charge in [-0.3, -0.25) is 9.59 Å². The Morgan fingerprint density at radius 1 is 0.460 bits per heavy atom. The molecule has 258 valence electrons. The van der Waals surface area contributed by atoms with Crippen molar-refractivity contribution in [3.05, 3.63) is 144 Å². The van der Waals surface area contributed by atoms with Gasteiger partial charge < -0.3 is 15.1 Å². The third-order valence-corrected chi connectivity index (χ3v) is 9.22. The van der Waals surface area contributed by atoms with Crippen molar-refractivity contribution in [3.63, 3.8) is 0 Å². The number of benzene rings is 5. The first-order valence-electron chi connectivity index (χ1n) is 18.1. The molecular formula is C45H52N3O2+. The summed E-state index contributed by atoms with van der Waals surface area (Å²) in [5.74, 6) is -0.212. The zero-order chi connectivity index (χ0) is 35.3. The minimum Gasteiger partial charge on any atom is -0.331 e. The Balaban J connectivity index is 1.06. The van der Waals surface area contributed by atoms with E-state index in [1.54, 1.807) is 0 Å². The molecule has 5 rings (SSSR count). The Bertz CT molecular complexity index is 1800. The quantitative estimate of drug-likeness (QED) is 0.0813. The van der Waals surface area contributed by atoms with Crippen molar-refractivity contribution in [1.82, 2.24) is 0 Å². The first-order chi connectivity index (χ1) is 24.2. The molecule has 0 aromatic heterocycles. The van der Waals surface area contributed by atoms with Gasteiger partial charge >= 0.3 is 0 Å². The summed E-state index contributed by atoms with van der Waals surface area (Å²) in [7, 11) is 6.78. The summed E-state index contributed by atoms with van der Waals surface area (Å²) in [6, 6.07) is 40.0. The predicted octanol–water partition coefficient (Wildman–Crippen LogP) is 10.7. The predicted molar refractivity (Wildman–Crippen MR) is 210 cm³/mol. The van der Waals surface area contributed by atoms with E-state index in [0.717, 1.165) is 51.0 Å².